The van der Waals surface area contributed by atoms with Crippen molar-refractivity contribution in [3.05, 3.63) is 20.2 Å². The topological polar surface area (TPSA) is 63.1 Å². The van der Waals surface area contributed by atoms with Gasteiger partial charge in [0.2, 0.25) is 5.91 Å². The summed E-state index contributed by atoms with van der Waals surface area (Å²) in [6, 6.07) is 0.266. The molecule has 0 saturated carbocycles. The SMILES string of the molecule is CCN[C@H](C)CNC(=O)CCn1c(C)c(C)sc1=O. The van der Waals surface area contributed by atoms with Crippen molar-refractivity contribution in [2.24, 2.45) is 0 Å². The number of nitrogens with one attached hydrogen (secondary N) is 2. The molecule has 108 valence electrons. The highest BCUT2D eigenvalue weighted by Crippen LogP contribution is 2.09. The van der Waals surface area contributed by atoms with Gasteiger partial charge in [-0.05, 0) is 27.3 Å². The zero-order valence-electron chi connectivity index (χ0n) is 12.1. The molecule has 1 amide bonds. The van der Waals surface area contributed by atoms with E-state index in [1.165, 1.54) is 11.3 Å². The van der Waals surface area contributed by atoms with Crippen LogP contribution in [0.1, 0.15) is 30.8 Å². The van der Waals surface area contributed by atoms with Crippen LogP contribution in [0.2, 0.25) is 0 Å². The quantitative estimate of drug-likeness (QED) is 0.786. The Kier molecular flexibility index (Phi) is 6.24. The number of aromatic nitrogens is 1. The minimum atomic E-state index is -0.0140. The maximum atomic E-state index is 11.7. The zero-order valence-corrected chi connectivity index (χ0v) is 12.9. The summed E-state index contributed by atoms with van der Waals surface area (Å²) < 4.78 is 1.67. The number of likely N-dealkylation sites (N-methyl/N-ethyl adjacent to an activating group) is 1. The first kappa shape index (κ1) is 15.9. The molecule has 0 unspecified atom stereocenters. The monoisotopic (exact) mass is 285 g/mol. The normalized spacial score (nSPS) is 12.4. The highest BCUT2D eigenvalue weighted by molar-refractivity contribution is 7.09. The lowest BCUT2D eigenvalue weighted by Crippen LogP contribution is -2.39. The summed E-state index contributed by atoms with van der Waals surface area (Å²) in [6.45, 7) is 9.86. The van der Waals surface area contributed by atoms with E-state index in [1.807, 2.05) is 27.7 Å². The van der Waals surface area contributed by atoms with E-state index in [0.717, 1.165) is 17.1 Å². The molecule has 0 saturated heterocycles. The van der Waals surface area contributed by atoms with Crippen molar-refractivity contribution in [3.63, 3.8) is 0 Å². The molecule has 1 heterocycles. The minimum Gasteiger partial charge on any atom is -0.354 e. The van der Waals surface area contributed by atoms with Crippen molar-refractivity contribution in [2.45, 2.75) is 46.7 Å². The van der Waals surface area contributed by atoms with Gasteiger partial charge in [0.25, 0.3) is 0 Å². The van der Waals surface area contributed by atoms with Gasteiger partial charge in [0.05, 0.1) is 0 Å². The molecule has 19 heavy (non-hydrogen) atoms. The van der Waals surface area contributed by atoms with Gasteiger partial charge in [0.1, 0.15) is 0 Å². The number of thiazole rings is 1. The molecule has 0 bridgehead atoms. The largest absolute Gasteiger partial charge is 0.354 e. The predicted molar refractivity (Wildman–Crippen MR) is 78.8 cm³/mol. The Morgan fingerprint density at radius 1 is 1.42 bits per heavy atom. The number of amides is 1. The van der Waals surface area contributed by atoms with Crippen LogP contribution >= 0.6 is 11.3 Å². The number of nitrogens with zero attached hydrogens (tertiary/aromatic N) is 1. The third kappa shape index (κ3) is 4.80. The molecule has 1 aromatic heterocycles. The third-order valence-corrected chi connectivity index (χ3v) is 4.09. The fourth-order valence-electron chi connectivity index (χ4n) is 1.84. The van der Waals surface area contributed by atoms with Crippen molar-refractivity contribution in [2.75, 3.05) is 13.1 Å². The van der Waals surface area contributed by atoms with Gasteiger partial charge in [-0.1, -0.05) is 18.3 Å². The molecule has 1 rings (SSSR count). The third-order valence-electron chi connectivity index (χ3n) is 3.10. The maximum absolute atomic E-state index is 11.7. The first-order valence-electron chi connectivity index (χ1n) is 6.62. The molecule has 0 fully saturated rings. The van der Waals surface area contributed by atoms with Gasteiger partial charge in [-0.2, -0.15) is 0 Å². The van der Waals surface area contributed by atoms with E-state index >= 15 is 0 Å². The number of carbonyl (C=O) groups is 1. The van der Waals surface area contributed by atoms with Gasteiger partial charge in [-0.25, -0.2) is 0 Å². The predicted octanol–water partition coefficient (Wildman–Crippen LogP) is 1.03. The Labute approximate surface area is 118 Å². The van der Waals surface area contributed by atoms with Crippen LogP contribution in [-0.2, 0) is 11.3 Å². The molecule has 0 aromatic carbocycles. The van der Waals surface area contributed by atoms with Crippen LogP contribution in [-0.4, -0.2) is 29.6 Å². The molecule has 0 spiro atoms. The summed E-state index contributed by atoms with van der Waals surface area (Å²) in [6.07, 6.45) is 0.343. The van der Waals surface area contributed by atoms with Crippen molar-refractivity contribution >= 4 is 17.2 Å². The standard InChI is InChI=1S/C13H23N3O2S/c1-5-14-9(2)8-15-12(17)6-7-16-10(3)11(4)19-13(16)18/h9,14H,5-8H2,1-4H3,(H,15,17)/t9-/m1/s1. The fourth-order valence-corrected chi connectivity index (χ4v) is 2.69. The summed E-state index contributed by atoms with van der Waals surface area (Å²) in [5, 5.41) is 6.10. The summed E-state index contributed by atoms with van der Waals surface area (Å²) in [4.78, 5) is 24.4. The van der Waals surface area contributed by atoms with Gasteiger partial charge in [-0.15, -0.1) is 0 Å². The molecule has 5 nitrogen and oxygen atoms in total. The fraction of sp³-hybridized carbons (Fsp3) is 0.692. The maximum Gasteiger partial charge on any atom is 0.307 e. The second kappa shape index (κ2) is 7.45. The summed E-state index contributed by atoms with van der Waals surface area (Å²) in [7, 11) is 0. The van der Waals surface area contributed by atoms with Gasteiger partial charge >= 0.3 is 4.87 Å². The molecule has 2 N–H and O–H groups in total. The first-order chi connectivity index (χ1) is 8.95. The van der Waals surface area contributed by atoms with Crippen molar-refractivity contribution in [1.29, 1.82) is 0 Å². The van der Waals surface area contributed by atoms with Gasteiger partial charge in [0, 0.05) is 36.1 Å². The Balaban J connectivity index is 2.40. The van der Waals surface area contributed by atoms with Crippen LogP contribution in [0.25, 0.3) is 0 Å². The van der Waals surface area contributed by atoms with Gasteiger partial charge < -0.3 is 15.2 Å². The van der Waals surface area contributed by atoms with Crippen molar-refractivity contribution in [3.8, 4) is 0 Å². The molecule has 0 aliphatic carbocycles. The van der Waals surface area contributed by atoms with Crippen LogP contribution < -0.4 is 15.5 Å². The molecular formula is C13H23N3O2S. The molecule has 0 radical (unpaired) electrons. The van der Waals surface area contributed by atoms with Crippen LogP contribution in [0.3, 0.4) is 0 Å². The lowest BCUT2D eigenvalue weighted by Gasteiger charge is -2.13. The van der Waals surface area contributed by atoms with E-state index in [1.54, 1.807) is 4.57 Å². The van der Waals surface area contributed by atoms with E-state index in [-0.39, 0.29) is 16.8 Å². The summed E-state index contributed by atoms with van der Waals surface area (Å²) in [5.74, 6) is -0.0140. The number of hydrogen-bond acceptors (Lipinski definition) is 4. The highest BCUT2D eigenvalue weighted by Gasteiger charge is 2.10. The van der Waals surface area contributed by atoms with E-state index in [2.05, 4.69) is 10.6 Å². The molecule has 0 aliphatic rings. The molecule has 1 aromatic rings. The van der Waals surface area contributed by atoms with Crippen molar-refractivity contribution in [1.82, 2.24) is 15.2 Å². The first-order valence-corrected chi connectivity index (χ1v) is 7.44. The highest BCUT2D eigenvalue weighted by atomic mass is 32.1. The van der Waals surface area contributed by atoms with Crippen LogP contribution in [0, 0.1) is 13.8 Å². The van der Waals surface area contributed by atoms with Crippen molar-refractivity contribution < 1.29 is 4.79 Å². The number of aryl methyl sites for hydroxylation is 1. The Morgan fingerprint density at radius 2 is 2.11 bits per heavy atom. The average molecular weight is 285 g/mol. The lowest BCUT2D eigenvalue weighted by molar-refractivity contribution is -0.121. The summed E-state index contributed by atoms with van der Waals surface area (Å²) in [5.41, 5.74) is 0.962. The van der Waals surface area contributed by atoms with E-state index < -0.39 is 0 Å². The lowest BCUT2D eigenvalue weighted by atomic mass is 10.3. The van der Waals surface area contributed by atoms with Gasteiger partial charge in [0.15, 0.2) is 0 Å². The second-order valence-corrected chi connectivity index (χ2v) is 5.84. The van der Waals surface area contributed by atoms with E-state index in [4.69, 9.17) is 0 Å². The number of carbonyl (C=O) groups excluding carboxylic acids is 1. The molecule has 1 atom stereocenters. The molecular weight excluding hydrogens is 262 g/mol. The Hall–Kier alpha value is -1.14. The van der Waals surface area contributed by atoms with Crippen LogP contribution in [0.5, 0.6) is 0 Å². The number of rotatable bonds is 7. The van der Waals surface area contributed by atoms with Crippen LogP contribution in [0.4, 0.5) is 0 Å². The smallest absolute Gasteiger partial charge is 0.307 e. The summed E-state index contributed by atoms with van der Waals surface area (Å²) >= 11 is 1.24. The number of hydrogen-bond donors (Lipinski definition) is 2. The second-order valence-electron chi connectivity index (χ2n) is 4.67. The van der Waals surface area contributed by atoms with Gasteiger partial charge in [-0.3, -0.25) is 9.59 Å². The molecule has 0 aliphatic heterocycles. The Morgan fingerprint density at radius 3 is 2.63 bits per heavy atom. The zero-order chi connectivity index (χ0) is 14.4. The van der Waals surface area contributed by atoms with E-state index in [9.17, 15) is 9.59 Å². The molecule has 6 heteroatoms. The van der Waals surface area contributed by atoms with Crippen LogP contribution in [0.15, 0.2) is 4.79 Å². The Bertz CT molecular complexity index is 479. The van der Waals surface area contributed by atoms with E-state index in [0.29, 0.717) is 19.5 Å². The average Bonchev–Trinajstić information content (AvgIpc) is 2.59. The minimum absolute atomic E-state index is 0.0140.